The SMILES string of the molecule is CC(=O)CC(C)Sc1ccccn1. The molecule has 1 unspecified atom stereocenters. The number of ketones is 1. The molecule has 0 saturated carbocycles. The summed E-state index contributed by atoms with van der Waals surface area (Å²) in [6.07, 6.45) is 2.38. The van der Waals surface area contributed by atoms with Crippen LogP contribution in [0, 0.1) is 0 Å². The molecule has 1 aromatic heterocycles. The third-order valence-corrected chi connectivity index (χ3v) is 2.59. The zero-order valence-electron chi connectivity index (χ0n) is 7.86. The van der Waals surface area contributed by atoms with E-state index < -0.39 is 0 Å². The second kappa shape index (κ2) is 5.02. The molecule has 70 valence electrons. The summed E-state index contributed by atoms with van der Waals surface area (Å²) in [7, 11) is 0. The van der Waals surface area contributed by atoms with Gasteiger partial charge in [-0.3, -0.25) is 4.79 Å². The lowest BCUT2D eigenvalue weighted by molar-refractivity contribution is -0.116. The minimum atomic E-state index is 0.232. The quantitative estimate of drug-likeness (QED) is 0.691. The summed E-state index contributed by atoms with van der Waals surface area (Å²) in [6, 6.07) is 5.80. The van der Waals surface area contributed by atoms with Crippen molar-refractivity contribution in [2.24, 2.45) is 0 Å². The van der Waals surface area contributed by atoms with E-state index in [9.17, 15) is 4.79 Å². The van der Waals surface area contributed by atoms with Gasteiger partial charge in [0, 0.05) is 17.9 Å². The highest BCUT2D eigenvalue weighted by molar-refractivity contribution is 7.99. The monoisotopic (exact) mass is 195 g/mol. The molecule has 13 heavy (non-hydrogen) atoms. The first-order valence-electron chi connectivity index (χ1n) is 4.25. The van der Waals surface area contributed by atoms with Crippen molar-refractivity contribution in [3.63, 3.8) is 0 Å². The van der Waals surface area contributed by atoms with Gasteiger partial charge in [0.2, 0.25) is 0 Å². The average molecular weight is 195 g/mol. The van der Waals surface area contributed by atoms with Crippen LogP contribution in [0.5, 0.6) is 0 Å². The molecule has 0 radical (unpaired) electrons. The maximum atomic E-state index is 10.8. The van der Waals surface area contributed by atoms with Gasteiger partial charge in [-0.2, -0.15) is 0 Å². The van der Waals surface area contributed by atoms with Crippen molar-refractivity contribution >= 4 is 17.5 Å². The van der Waals surface area contributed by atoms with E-state index in [1.165, 1.54) is 0 Å². The highest BCUT2D eigenvalue weighted by Crippen LogP contribution is 2.22. The van der Waals surface area contributed by atoms with Crippen LogP contribution in [0.1, 0.15) is 20.3 Å². The number of hydrogen-bond acceptors (Lipinski definition) is 3. The Balaban J connectivity index is 2.45. The van der Waals surface area contributed by atoms with E-state index in [1.54, 1.807) is 24.9 Å². The third-order valence-electron chi connectivity index (χ3n) is 1.53. The summed E-state index contributed by atoms with van der Waals surface area (Å²) in [5.41, 5.74) is 0. The maximum Gasteiger partial charge on any atom is 0.130 e. The van der Waals surface area contributed by atoms with Gasteiger partial charge >= 0.3 is 0 Å². The van der Waals surface area contributed by atoms with Gasteiger partial charge in [-0.05, 0) is 19.1 Å². The average Bonchev–Trinajstić information content (AvgIpc) is 2.04. The Labute approximate surface area is 82.8 Å². The number of hydrogen-bond donors (Lipinski definition) is 0. The van der Waals surface area contributed by atoms with E-state index in [-0.39, 0.29) is 5.78 Å². The van der Waals surface area contributed by atoms with Gasteiger partial charge < -0.3 is 0 Å². The number of rotatable bonds is 4. The molecule has 3 heteroatoms. The Morgan fingerprint density at radius 1 is 1.62 bits per heavy atom. The molecule has 1 heterocycles. The van der Waals surface area contributed by atoms with Crippen LogP contribution < -0.4 is 0 Å². The molecule has 0 fully saturated rings. The van der Waals surface area contributed by atoms with E-state index in [2.05, 4.69) is 4.98 Å². The molecular formula is C10H13NOS. The second-order valence-electron chi connectivity index (χ2n) is 3.00. The summed E-state index contributed by atoms with van der Waals surface area (Å²) >= 11 is 1.64. The zero-order chi connectivity index (χ0) is 9.68. The highest BCUT2D eigenvalue weighted by Gasteiger charge is 2.07. The van der Waals surface area contributed by atoms with Crippen molar-refractivity contribution in [2.75, 3.05) is 0 Å². The zero-order valence-corrected chi connectivity index (χ0v) is 8.67. The number of Topliss-reactive ketones (excluding diaryl/α,β-unsaturated/α-hetero) is 1. The smallest absolute Gasteiger partial charge is 0.130 e. The molecule has 0 aromatic carbocycles. The van der Waals surface area contributed by atoms with Crippen LogP contribution in [0.3, 0.4) is 0 Å². The summed E-state index contributed by atoms with van der Waals surface area (Å²) in [6.45, 7) is 3.66. The summed E-state index contributed by atoms with van der Waals surface area (Å²) < 4.78 is 0. The lowest BCUT2D eigenvalue weighted by atomic mass is 10.2. The molecule has 0 amide bonds. The van der Waals surface area contributed by atoms with Crippen molar-refractivity contribution in [3.8, 4) is 0 Å². The van der Waals surface area contributed by atoms with Gasteiger partial charge in [-0.15, -0.1) is 11.8 Å². The van der Waals surface area contributed by atoms with Gasteiger partial charge in [-0.1, -0.05) is 13.0 Å². The van der Waals surface area contributed by atoms with Gasteiger partial charge in [0.05, 0.1) is 5.03 Å². The molecule has 0 bridgehead atoms. The maximum absolute atomic E-state index is 10.8. The van der Waals surface area contributed by atoms with Crippen molar-refractivity contribution in [2.45, 2.75) is 30.5 Å². The van der Waals surface area contributed by atoms with Crippen LogP contribution in [0.4, 0.5) is 0 Å². The topological polar surface area (TPSA) is 30.0 Å². The number of nitrogens with zero attached hydrogens (tertiary/aromatic N) is 1. The fourth-order valence-electron chi connectivity index (χ4n) is 1.07. The molecular weight excluding hydrogens is 182 g/mol. The first-order valence-corrected chi connectivity index (χ1v) is 5.13. The van der Waals surface area contributed by atoms with Crippen LogP contribution >= 0.6 is 11.8 Å². The molecule has 1 aromatic rings. The summed E-state index contributed by atoms with van der Waals surface area (Å²) in [5.74, 6) is 0.232. The van der Waals surface area contributed by atoms with Gasteiger partial charge in [0.15, 0.2) is 0 Å². The second-order valence-corrected chi connectivity index (χ2v) is 4.46. The van der Waals surface area contributed by atoms with Crippen molar-refractivity contribution < 1.29 is 4.79 Å². The van der Waals surface area contributed by atoms with Crippen LogP contribution in [0.25, 0.3) is 0 Å². The molecule has 0 aliphatic rings. The predicted molar refractivity (Wildman–Crippen MR) is 54.9 cm³/mol. The van der Waals surface area contributed by atoms with Gasteiger partial charge in [0.1, 0.15) is 5.78 Å². The number of thioether (sulfide) groups is 1. The van der Waals surface area contributed by atoms with Crippen LogP contribution in [-0.4, -0.2) is 16.0 Å². The van der Waals surface area contributed by atoms with E-state index in [1.807, 2.05) is 25.1 Å². The Bertz CT molecular complexity index is 274. The number of aromatic nitrogens is 1. The Hall–Kier alpha value is -0.830. The Morgan fingerprint density at radius 2 is 2.38 bits per heavy atom. The van der Waals surface area contributed by atoms with Crippen LogP contribution in [-0.2, 0) is 4.79 Å². The number of pyridine rings is 1. The third kappa shape index (κ3) is 4.08. The molecule has 2 nitrogen and oxygen atoms in total. The lowest BCUT2D eigenvalue weighted by Gasteiger charge is -2.07. The summed E-state index contributed by atoms with van der Waals surface area (Å²) in [4.78, 5) is 15.0. The lowest BCUT2D eigenvalue weighted by Crippen LogP contribution is -2.03. The van der Waals surface area contributed by atoms with Crippen LogP contribution in [0.2, 0.25) is 0 Å². The van der Waals surface area contributed by atoms with Crippen LogP contribution in [0.15, 0.2) is 29.4 Å². The predicted octanol–water partition coefficient (Wildman–Crippen LogP) is 2.54. The number of carbonyl (C=O) groups is 1. The van der Waals surface area contributed by atoms with Gasteiger partial charge in [-0.25, -0.2) is 4.98 Å². The fraction of sp³-hybridized carbons (Fsp3) is 0.400. The standard InChI is InChI=1S/C10H13NOS/c1-8(12)7-9(2)13-10-5-3-4-6-11-10/h3-6,9H,7H2,1-2H3. The molecule has 0 spiro atoms. The van der Waals surface area contributed by atoms with Crippen molar-refractivity contribution in [3.05, 3.63) is 24.4 Å². The minimum Gasteiger partial charge on any atom is -0.300 e. The summed E-state index contributed by atoms with van der Waals surface area (Å²) in [5, 5.41) is 1.30. The van der Waals surface area contributed by atoms with Gasteiger partial charge in [0.25, 0.3) is 0 Å². The highest BCUT2D eigenvalue weighted by atomic mass is 32.2. The molecule has 0 aliphatic heterocycles. The first-order chi connectivity index (χ1) is 6.18. The number of carbonyl (C=O) groups excluding carboxylic acids is 1. The molecule has 0 N–H and O–H groups in total. The van der Waals surface area contributed by atoms with E-state index in [4.69, 9.17) is 0 Å². The Morgan fingerprint density at radius 3 is 2.92 bits per heavy atom. The Kier molecular flexibility index (Phi) is 3.96. The van der Waals surface area contributed by atoms with Crippen molar-refractivity contribution in [1.29, 1.82) is 0 Å². The van der Waals surface area contributed by atoms with Crippen molar-refractivity contribution in [1.82, 2.24) is 4.98 Å². The molecule has 1 rings (SSSR count). The fourth-order valence-corrected chi connectivity index (χ4v) is 2.08. The van der Waals surface area contributed by atoms with E-state index in [0.29, 0.717) is 11.7 Å². The molecule has 0 saturated heterocycles. The largest absolute Gasteiger partial charge is 0.300 e. The normalized spacial score (nSPS) is 12.5. The van der Waals surface area contributed by atoms with E-state index in [0.717, 1.165) is 5.03 Å². The van der Waals surface area contributed by atoms with E-state index >= 15 is 0 Å². The minimum absolute atomic E-state index is 0.232. The molecule has 0 aliphatic carbocycles. The first kappa shape index (κ1) is 10.3. The molecule has 1 atom stereocenters.